The van der Waals surface area contributed by atoms with Gasteiger partial charge in [0.2, 0.25) is 0 Å². The van der Waals surface area contributed by atoms with Gasteiger partial charge in [0.15, 0.2) is 5.75 Å². The standard InChI is InChI=1S/C15H21ClO4/c1-4-5-6-7-8-10-9-11(16)14(20-3)12(15(17)18)13(10)19-2/h9H,4-8H2,1-3H3,(H,17,18). The maximum Gasteiger partial charge on any atom is 0.343 e. The zero-order valence-electron chi connectivity index (χ0n) is 12.2. The molecule has 0 bridgehead atoms. The fourth-order valence-corrected chi connectivity index (χ4v) is 2.53. The van der Waals surface area contributed by atoms with Crippen molar-refractivity contribution in [2.75, 3.05) is 14.2 Å². The number of carboxylic acid groups (broad SMARTS) is 1. The molecular weight excluding hydrogens is 280 g/mol. The number of halogens is 1. The average Bonchev–Trinajstić information content (AvgIpc) is 2.42. The van der Waals surface area contributed by atoms with Gasteiger partial charge in [0.05, 0.1) is 19.2 Å². The molecule has 0 aliphatic heterocycles. The summed E-state index contributed by atoms with van der Waals surface area (Å²) in [6.45, 7) is 2.15. The Kier molecular flexibility index (Phi) is 6.65. The third-order valence-electron chi connectivity index (χ3n) is 3.19. The first-order chi connectivity index (χ1) is 9.56. The number of aromatic carboxylic acids is 1. The van der Waals surface area contributed by atoms with E-state index in [9.17, 15) is 9.90 Å². The van der Waals surface area contributed by atoms with Gasteiger partial charge in [0.25, 0.3) is 0 Å². The summed E-state index contributed by atoms with van der Waals surface area (Å²) in [5.41, 5.74) is 0.805. The van der Waals surface area contributed by atoms with Crippen molar-refractivity contribution in [2.45, 2.75) is 39.0 Å². The van der Waals surface area contributed by atoms with Gasteiger partial charge in [-0.1, -0.05) is 37.8 Å². The summed E-state index contributed by atoms with van der Waals surface area (Å²) in [4.78, 5) is 11.4. The first-order valence-corrected chi connectivity index (χ1v) is 7.11. The van der Waals surface area contributed by atoms with Gasteiger partial charge >= 0.3 is 5.97 Å². The Balaban J connectivity index is 3.14. The number of rotatable bonds is 8. The average molecular weight is 301 g/mol. The number of aryl methyl sites for hydroxylation is 1. The van der Waals surface area contributed by atoms with Crippen LogP contribution in [0.15, 0.2) is 6.07 Å². The Morgan fingerprint density at radius 1 is 1.20 bits per heavy atom. The highest BCUT2D eigenvalue weighted by Crippen LogP contribution is 2.39. The lowest BCUT2D eigenvalue weighted by Gasteiger charge is -2.16. The Morgan fingerprint density at radius 3 is 2.35 bits per heavy atom. The van der Waals surface area contributed by atoms with Crippen LogP contribution in [0.25, 0.3) is 0 Å². The van der Waals surface area contributed by atoms with Gasteiger partial charge in [-0.3, -0.25) is 0 Å². The molecule has 0 atom stereocenters. The molecule has 1 aromatic carbocycles. The summed E-state index contributed by atoms with van der Waals surface area (Å²) in [5.74, 6) is -0.611. The van der Waals surface area contributed by atoms with Crippen LogP contribution in [-0.2, 0) is 6.42 Å². The minimum Gasteiger partial charge on any atom is -0.495 e. The Morgan fingerprint density at radius 2 is 1.85 bits per heavy atom. The highest BCUT2D eigenvalue weighted by molar-refractivity contribution is 6.33. The highest BCUT2D eigenvalue weighted by Gasteiger charge is 2.23. The normalized spacial score (nSPS) is 10.4. The molecule has 1 aromatic rings. The number of methoxy groups -OCH3 is 2. The first-order valence-electron chi connectivity index (χ1n) is 6.73. The molecule has 0 amide bonds. The molecule has 1 rings (SSSR count). The van der Waals surface area contributed by atoms with E-state index in [-0.39, 0.29) is 11.3 Å². The second kappa shape index (κ2) is 8.00. The molecule has 0 aliphatic carbocycles. The van der Waals surface area contributed by atoms with Gasteiger partial charge in [-0.25, -0.2) is 4.79 Å². The van der Waals surface area contributed by atoms with Crippen molar-refractivity contribution in [1.29, 1.82) is 0 Å². The first kappa shape index (κ1) is 16.6. The zero-order chi connectivity index (χ0) is 15.1. The summed E-state index contributed by atoms with van der Waals surface area (Å²) in [6, 6.07) is 1.73. The predicted octanol–water partition coefficient (Wildman–Crippen LogP) is 4.18. The summed E-state index contributed by atoms with van der Waals surface area (Å²) in [5, 5.41) is 9.65. The molecule has 0 saturated carbocycles. The van der Waals surface area contributed by atoms with E-state index in [4.69, 9.17) is 21.1 Å². The van der Waals surface area contributed by atoms with E-state index in [1.54, 1.807) is 6.07 Å². The number of carbonyl (C=O) groups is 1. The van der Waals surface area contributed by atoms with E-state index in [0.717, 1.165) is 37.7 Å². The van der Waals surface area contributed by atoms with E-state index in [1.165, 1.54) is 14.2 Å². The van der Waals surface area contributed by atoms with Crippen LogP contribution < -0.4 is 9.47 Å². The molecule has 4 nitrogen and oxygen atoms in total. The Labute approximate surface area is 124 Å². The molecule has 0 fully saturated rings. The summed E-state index contributed by atoms with van der Waals surface area (Å²) in [7, 11) is 2.86. The van der Waals surface area contributed by atoms with E-state index in [1.807, 2.05) is 0 Å². The predicted molar refractivity (Wildman–Crippen MR) is 79.4 cm³/mol. The molecule has 0 spiro atoms. The fraction of sp³-hybridized carbons (Fsp3) is 0.533. The van der Waals surface area contributed by atoms with Crippen molar-refractivity contribution >= 4 is 17.6 Å². The lowest BCUT2D eigenvalue weighted by atomic mass is 10.0. The second-order valence-electron chi connectivity index (χ2n) is 4.57. The zero-order valence-corrected chi connectivity index (χ0v) is 12.9. The van der Waals surface area contributed by atoms with Gasteiger partial charge in [0, 0.05) is 0 Å². The van der Waals surface area contributed by atoms with Crippen LogP contribution in [-0.4, -0.2) is 25.3 Å². The maximum atomic E-state index is 11.4. The molecule has 5 heteroatoms. The number of unbranched alkanes of at least 4 members (excludes halogenated alkanes) is 3. The minimum absolute atomic E-state index is 0.00649. The van der Waals surface area contributed by atoms with E-state index >= 15 is 0 Å². The summed E-state index contributed by atoms with van der Waals surface area (Å²) < 4.78 is 10.4. The minimum atomic E-state index is -1.10. The Hall–Kier alpha value is -1.42. The van der Waals surface area contributed by atoms with E-state index in [2.05, 4.69) is 6.92 Å². The maximum absolute atomic E-state index is 11.4. The van der Waals surface area contributed by atoms with Crippen LogP contribution >= 0.6 is 11.6 Å². The van der Waals surface area contributed by atoms with Crippen molar-refractivity contribution < 1.29 is 19.4 Å². The van der Waals surface area contributed by atoms with Crippen molar-refractivity contribution in [3.63, 3.8) is 0 Å². The molecule has 0 aliphatic rings. The molecular formula is C15H21ClO4. The van der Waals surface area contributed by atoms with Crippen LogP contribution in [0, 0.1) is 0 Å². The molecule has 112 valence electrons. The molecule has 0 radical (unpaired) electrons. The van der Waals surface area contributed by atoms with E-state index < -0.39 is 5.97 Å². The van der Waals surface area contributed by atoms with Gasteiger partial charge in [-0.15, -0.1) is 0 Å². The number of benzene rings is 1. The SMILES string of the molecule is CCCCCCc1cc(Cl)c(OC)c(C(=O)O)c1OC. The van der Waals surface area contributed by atoms with Gasteiger partial charge in [-0.05, 0) is 24.5 Å². The van der Waals surface area contributed by atoms with Crippen molar-refractivity contribution in [2.24, 2.45) is 0 Å². The topological polar surface area (TPSA) is 55.8 Å². The van der Waals surface area contributed by atoms with Crippen molar-refractivity contribution in [3.05, 3.63) is 22.2 Å². The van der Waals surface area contributed by atoms with Gasteiger partial charge in [-0.2, -0.15) is 0 Å². The molecule has 1 N–H and O–H groups in total. The van der Waals surface area contributed by atoms with Crippen LogP contribution in [0.3, 0.4) is 0 Å². The number of hydrogen-bond donors (Lipinski definition) is 1. The number of ether oxygens (including phenoxy) is 2. The molecule has 20 heavy (non-hydrogen) atoms. The van der Waals surface area contributed by atoms with Crippen LogP contribution in [0.4, 0.5) is 0 Å². The lowest BCUT2D eigenvalue weighted by Crippen LogP contribution is -2.07. The summed E-state index contributed by atoms with van der Waals surface area (Å²) >= 11 is 6.10. The molecule has 0 unspecified atom stereocenters. The third kappa shape index (κ3) is 3.79. The van der Waals surface area contributed by atoms with Crippen molar-refractivity contribution in [1.82, 2.24) is 0 Å². The highest BCUT2D eigenvalue weighted by atomic mass is 35.5. The molecule has 0 aromatic heterocycles. The van der Waals surface area contributed by atoms with Crippen LogP contribution in [0.1, 0.15) is 48.5 Å². The fourth-order valence-electron chi connectivity index (χ4n) is 2.22. The Bertz CT molecular complexity index is 471. The smallest absolute Gasteiger partial charge is 0.343 e. The van der Waals surface area contributed by atoms with Gasteiger partial charge in [0.1, 0.15) is 11.3 Å². The third-order valence-corrected chi connectivity index (χ3v) is 3.47. The number of carboxylic acids is 1. The quantitative estimate of drug-likeness (QED) is 0.732. The summed E-state index contributed by atoms with van der Waals surface area (Å²) in [6.07, 6.45) is 5.14. The van der Waals surface area contributed by atoms with Crippen molar-refractivity contribution in [3.8, 4) is 11.5 Å². The molecule has 0 heterocycles. The number of hydrogen-bond acceptors (Lipinski definition) is 3. The lowest BCUT2D eigenvalue weighted by molar-refractivity contribution is 0.0689. The van der Waals surface area contributed by atoms with E-state index in [0.29, 0.717) is 10.8 Å². The second-order valence-corrected chi connectivity index (χ2v) is 4.98. The van der Waals surface area contributed by atoms with Gasteiger partial charge < -0.3 is 14.6 Å². The van der Waals surface area contributed by atoms with Crippen LogP contribution in [0.5, 0.6) is 11.5 Å². The van der Waals surface area contributed by atoms with Crippen LogP contribution in [0.2, 0.25) is 5.02 Å². The largest absolute Gasteiger partial charge is 0.495 e. The monoisotopic (exact) mass is 300 g/mol. The molecule has 0 saturated heterocycles.